The number of alkyl carbamates (subject to hydrolysis) is 1. The molecular weight excluding hydrogens is 602 g/mol. The fourth-order valence-corrected chi connectivity index (χ4v) is 6.28. The number of ether oxygens (including phenoxy) is 1. The van der Waals surface area contributed by atoms with Crippen molar-refractivity contribution in [3.05, 3.63) is 83.7 Å². The summed E-state index contributed by atoms with van der Waals surface area (Å²) in [6.45, 7) is 10.9. The van der Waals surface area contributed by atoms with Gasteiger partial charge in [0.1, 0.15) is 23.3 Å². The van der Waals surface area contributed by atoms with Crippen molar-refractivity contribution in [1.29, 1.82) is 0 Å². The van der Waals surface area contributed by atoms with Crippen LogP contribution >= 0.6 is 0 Å². The van der Waals surface area contributed by atoms with Crippen LogP contribution in [0.5, 0.6) is 0 Å². The number of nitrogens with one attached hydrogen (secondary N) is 4. The van der Waals surface area contributed by atoms with E-state index in [2.05, 4.69) is 54.5 Å². The number of benzene rings is 2. The van der Waals surface area contributed by atoms with Crippen LogP contribution in [0.25, 0.3) is 22.5 Å². The van der Waals surface area contributed by atoms with E-state index < -0.39 is 17.7 Å². The number of likely N-dealkylation sites (tertiary alicyclic amines) is 1. The minimum atomic E-state index is -0.690. The number of imidazole rings is 2. The Hall–Kier alpha value is -4.88. The molecule has 0 aliphatic carbocycles. The summed E-state index contributed by atoms with van der Waals surface area (Å²) in [7, 11) is 0. The molecule has 4 heterocycles. The minimum Gasteiger partial charge on any atom is -0.444 e. The molecule has 2 aromatic carbocycles. The summed E-state index contributed by atoms with van der Waals surface area (Å²) in [4.78, 5) is 44.2. The Labute approximate surface area is 282 Å². The highest BCUT2D eigenvalue weighted by Crippen LogP contribution is 2.33. The molecule has 2 saturated heterocycles. The number of aromatic nitrogens is 4. The fraction of sp³-hybridized carbons (Fsp3) is 0.421. The number of H-pyrrole nitrogens is 2. The van der Waals surface area contributed by atoms with E-state index in [-0.39, 0.29) is 17.9 Å². The minimum absolute atomic E-state index is 0.103. The Morgan fingerprint density at radius 3 is 2.00 bits per heavy atom. The van der Waals surface area contributed by atoms with Crippen molar-refractivity contribution >= 4 is 12.0 Å². The van der Waals surface area contributed by atoms with Crippen molar-refractivity contribution in [2.75, 3.05) is 13.1 Å². The van der Waals surface area contributed by atoms with Crippen LogP contribution in [0.2, 0.25) is 0 Å². The van der Waals surface area contributed by atoms with Crippen molar-refractivity contribution < 1.29 is 14.3 Å². The average Bonchev–Trinajstić information content (AvgIpc) is 3.89. The molecule has 0 saturated carbocycles. The Bertz CT molecular complexity index is 1780. The molecule has 2 fully saturated rings. The molecule has 10 heteroatoms. The molecular formula is C38H45N7O3. The topological polar surface area (TPSA) is 128 Å². The highest BCUT2D eigenvalue weighted by atomic mass is 16.6. The smallest absolute Gasteiger partial charge is 0.408 e. The zero-order valence-electron chi connectivity index (χ0n) is 28.4. The second-order valence-electron chi connectivity index (χ2n) is 14.0. The molecule has 48 heavy (non-hydrogen) atoms. The van der Waals surface area contributed by atoms with E-state index in [0.29, 0.717) is 12.6 Å². The van der Waals surface area contributed by atoms with Gasteiger partial charge in [0.15, 0.2) is 0 Å². The van der Waals surface area contributed by atoms with Crippen molar-refractivity contribution in [1.82, 2.24) is 35.5 Å². The van der Waals surface area contributed by atoms with Gasteiger partial charge in [-0.3, -0.25) is 4.79 Å². The monoisotopic (exact) mass is 647 g/mol. The molecule has 2 amide bonds. The first-order valence-corrected chi connectivity index (χ1v) is 16.9. The second-order valence-corrected chi connectivity index (χ2v) is 14.0. The Kier molecular flexibility index (Phi) is 9.69. The molecule has 3 atom stereocenters. The van der Waals surface area contributed by atoms with Gasteiger partial charge in [-0.15, -0.1) is 0 Å². The molecule has 10 nitrogen and oxygen atoms in total. The lowest BCUT2D eigenvalue weighted by Gasteiger charge is -2.31. The lowest BCUT2D eigenvalue weighted by atomic mass is 10.0. The highest BCUT2D eigenvalue weighted by molar-refractivity contribution is 5.86. The predicted molar refractivity (Wildman–Crippen MR) is 186 cm³/mol. The predicted octanol–water partition coefficient (Wildman–Crippen LogP) is 6.50. The van der Waals surface area contributed by atoms with Crippen molar-refractivity contribution in [3.8, 4) is 34.4 Å². The van der Waals surface area contributed by atoms with Gasteiger partial charge in [0.05, 0.1) is 35.9 Å². The lowest BCUT2D eigenvalue weighted by molar-refractivity contribution is -0.135. The van der Waals surface area contributed by atoms with Gasteiger partial charge in [-0.05, 0) is 94.3 Å². The maximum Gasteiger partial charge on any atom is 0.408 e. The molecule has 2 aliphatic rings. The van der Waals surface area contributed by atoms with E-state index in [4.69, 9.17) is 4.74 Å². The molecule has 0 spiro atoms. The summed E-state index contributed by atoms with van der Waals surface area (Å²) in [6.07, 6.45) is 7.08. The van der Waals surface area contributed by atoms with Crippen LogP contribution < -0.4 is 10.6 Å². The fourth-order valence-electron chi connectivity index (χ4n) is 6.28. The molecule has 0 radical (unpaired) electrons. The van der Waals surface area contributed by atoms with E-state index in [1.807, 2.05) is 67.5 Å². The van der Waals surface area contributed by atoms with E-state index >= 15 is 0 Å². The van der Waals surface area contributed by atoms with Gasteiger partial charge >= 0.3 is 6.09 Å². The number of hydrogen-bond acceptors (Lipinski definition) is 6. The second kappa shape index (κ2) is 14.1. The molecule has 250 valence electrons. The Balaban J connectivity index is 1.08. The Morgan fingerprint density at radius 1 is 0.875 bits per heavy atom. The number of carbonyl (C=O) groups excluding carboxylic acids is 2. The van der Waals surface area contributed by atoms with E-state index in [9.17, 15) is 9.59 Å². The van der Waals surface area contributed by atoms with Crippen molar-refractivity contribution in [2.24, 2.45) is 5.92 Å². The number of hydrogen-bond donors (Lipinski definition) is 4. The third kappa shape index (κ3) is 7.80. The van der Waals surface area contributed by atoms with E-state index in [0.717, 1.165) is 71.1 Å². The first-order chi connectivity index (χ1) is 23.0. The molecule has 2 aliphatic heterocycles. The van der Waals surface area contributed by atoms with Crippen LogP contribution in [-0.2, 0) is 9.53 Å². The van der Waals surface area contributed by atoms with Crippen molar-refractivity contribution in [3.63, 3.8) is 0 Å². The van der Waals surface area contributed by atoms with Crippen LogP contribution in [-0.4, -0.2) is 61.6 Å². The van der Waals surface area contributed by atoms with Gasteiger partial charge in [0.2, 0.25) is 5.91 Å². The third-order valence-corrected chi connectivity index (χ3v) is 8.78. The summed E-state index contributed by atoms with van der Waals surface area (Å²) in [5.74, 6) is 8.05. The molecule has 0 unspecified atom stereocenters. The quantitative estimate of drug-likeness (QED) is 0.170. The first-order valence-electron chi connectivity index (χ1n) is 16.9. The van der Waals surface area contributed by atoms with Gasteiger partial charge in [-0.2, -0.15) is 0 Å². The summed E-state index contributed by atoms with van der Waals surface area (Å²) in [5, 5.41) is 6.28. The van der Waals surface area contributed by atoms with Crippen LogP contribution in [0.3, 0.4) is 0 Å². The van der Waals surface area contributed by atoms with Crippen molar-refractivity contribution in [2.45, 2.75) is 84.0 Å². The maximum atomic E-state index is 13.7. The largest absolute Gasteiger partial charge is 0.444 e. The molecule has 0 bridgehead atoms. The molecule has 2 aromatic heterocycles. The zero-order chi connectivity index (χ0) is 33.8. The van der Waals surface area contributed by atoms with Gasteiger partial charge in [0.25, 0.3) is 0 Å². The summed E-state index contributed by atoms with van der Waals surface area (Å²) >= 11 is 0. The molecule has 4 aromatic rings. The van der Waals surface area contributed by atoms with Gasteiger partial charge in [0, 0.05) is 17.7 Å². The van der Waals surface area contributed by atoms with E-state index in [1.165, 1.54) is 6.42 Å². The normalized spacial score (nSPS) is 18.4. The van der Waals surface area contributed by atoms with Crippen LogP contribution in [0.4, 0.5) is 4.79 Å². The number of carbonyl (C=O) groups is 2. The Morgan fingerprint density at radius 2 is 1.46 bits per heavy atom. The van der Waals surface area contributed by atoms with Crippen LogP contribution in [0.1, 0.15) is 95.2 Å². The van der Waals surface area contributed by atoms with E-state index in [1.54, 1.807) is 20.8 Å². The molecule has 6 rings (SSSR count). The third-order valence-electron chi connectivity index (χ3n) is 8.78. The van der Waals surface area contributed by atoms with Gasteiger partial charge in [-0.1, -0.05) is 50.0 Å². The zero-order valence-corrected chi connectivity index (χ0v) is 28.4. The standard InChI is InChI=1S/C38H45N7O3/c1-24(2)33(44-37(47)48-38(3,4)5)36(46)45-21-7-9-32(45)35-41-23-31(43-35)28-18-14-26(15-19-28)11-10-25-12-16-27(17-13-25)30-22-40-34(42-30)29-8-6-20-39-29/h12-19,22-24,29,32-33,39H,6-9,20-21H2,1-5H3,(H,40,42)(H,41,43)(H,44,47)/t29-,32-,33+/m0/s1. The first kappa shape index (κ1) is 33.0. The SMILES string of the molecule is CC(C)[C@@H](NC(=O)OC(C)(C)C)C(=O)N1CCC[C@H]1c1ncc(-c2ccc(C#Cc3ccc(-c4cnc([C@@H]5CCCN5)[nH]4)cc3)cc2)[nH]1. The summed E-state index contributed by atoms with van der Waals surface area (Å²) in [5.41, 5.74) is 5.16. The number of rotatable bonds is 7. The average molecular weight is 648 g/mol. The lowest BCUT2D eigenvalue weighted by Crippen LogP contribution is -2.52. The van der Waals surface area contributed by atoms with Crippen LogP contribution in [0.15, 0.2) is 60.9 Å². The summed E-state index contributed by atoms with van der Waals surface area (Å²) in [6, 6.07) is 15.7. The number of amides is 2. The number of nitrogens with zero attached hydrogens (tertiary/aromatic N) is 3. The van der Waals surface area contributed by atoms with Gasteiger partial charge < -0.3 is 30.2 Å². The van der Waals surface area contributed by atoms with Gasteiger partial charge in [-0.25, -0.2) is 14.8 Å². The molecule has 4 N–H and O–H groups in total. The highest BCUT2D eigenvalue weighted by Gasteiger charge is 2.38. The maximum absolute atomic E-state index is 13.7. The van der Waals surface area contributed by atoms with Crippen LogP contribution in [0, 0.1) is 17.8 Å². The number of aromatic amines is 2. The summed E-state index contributed by atoms with van der Waals surface area (Å²) < 4.78 is 5.42.